The monoisotopic (exact) mass is 256 g/mol. The molecule has 84 valence electrons. The molecule has 0 saturated carbocycles. The molecule has 0 bridgehead atoms. The Morgan fingerprint density at radius 1 is 1.31 bits per heavy atom. The minimum atomic E-state index is -0.630. The first-order chi connectivity index (χ1) is 7.74. The van der Waals surface area contributed by atoms with E-state index in [0.29, 0.717) is 0 Å². The van der Waals surface area contributed by atoms with Crippen molar-refractivity contribution in [2.45, 2.75) is 0 Å². The summed E-state index contributed by atoms with van der Waals surface area (Å²) < 4.78 is 4.81. The minimum Gasteiger partial charge on any atom is -0.457 e. The lowest BCUT2D eigenvalue weighted by atomic mass is 10.2. The molecule has 0 spiro atoms. The van der Waals surface area contributed by atoms with E-state index in [9.17, 15) is 4.79 Å². The zero-order valence-electron chi connectivity index (χ0n) is 8.40. The average Bonchev–Trinajstić information content (AvgIpc) is 2.34. The van der Waals surface area contributed by atoms with Crippen LogP contribution in [0.2, 0.25) is 0 Å². The van der Waals surface area contributed by atoms with Crippen LogP contribution in [0.25, 0.3) is 6.08 Å². The van der Waals surface area contributed by atoms with E-state index in [4.69, 9.17) is 27.9 Å². The summed E-state index contributed by atoms with van der Waals surface area (Å²) in [5.74, 6) is -0.630. The maximum Gasteiger partial charge on any atom is 0.350 e. The van der Waals surface area contributed by atoms with Crippen LogP contribution in [-0.4, -0.2) is 12.6 Å². The number of benzene rings is 1. The van der Waals surface area contributed by atoms with Gasteiger partial charge in [-0.05, 0) is 11.6 Å². The number of carbonyl (C=O) groups excluding carboxylic acids is 1. The number of esters is 1. The zero-order chi connectivity index (χ0) is 11.8. The van der Waals surface area contributed by atoms with Crippen LogP contribution in [0.3, 0.4) is 0 Å². The summed E-state index contributed by atoms with van der Waals surface area (Å²) in [6.45, 7) is 0.161. The molecule has 0 fully saturated rings. The highest BCUT2D eigenvalue weighted by molar-refractivity contribution is 6.45. The van der Waals surface area contributed by atoms with Gasteiger partial charge in [-0.1, -0.05) is 59.6 Å². The van der Waals surface area contributed by atoms with Gasteiger partial charge in [0, 0.05) is 5.54 Å². The third-order valence-electron chi connectivity index (χ3n) is 1.71. The third kappa shape index (κ3) is 4.51. The fourth-order valence-electron chi connectivity index (χ4n) is 0.986. The summed E-state index contributed by atoms with van der Waals surface area (Å²) in [5, 5.41) is -0.130. The summed E-state index contributed by atoms with van der Waals surface area (Å²) in [6.07, 6.45) is 3.58. The lowest BCUT2D eigenvalue weighted by Crippen LogP contribution is -2.03. The second kappa shape index (κ2) is 7.09. The van der Waals surface area contributed by atoms with Gasteiger partial charge in [-0.25, -0.2) is 4.79 Å². The quantitative estimate of drug-likeness (QED) is 0.609. The molecule has 0 amide bonds. The Morgan fingerprint density at radius 3 is 2.62 bits per heavy atom. The molecule has 0 atom stereocenters. The molecule has 0 radical (unpaired) electrons. The van der Waals surface area contributed by atoms with E-state index in [-0.39, 0.29) is 11.6 Å². The molecule has 4 heteroatoms. The average molecular weight is 257 g/mol. The molecule has 0 unspecified atom stereocenters. The highest BCUT2D eigenvalue weighted by atomic mass is 35.5. The minimum absolute atomic E-state index is 0.130. The Bertz CT molecular complexity index is 397. The van der Waals surface area contributed by atoms with Crippen molar-refractivity contribution in [3.63, 3.8) is 0 Å². The molecule has 1 rings (SSSR count). The standard InChI is InChI=1S/C12H10Cl2O2/c13-9-11(14)12(15)16-8-4-7-10-5-2-1-3-6-10/h1-7,9H,8H2/b7-4+,11-9+. The molecular weight excluding hydrogens is 247 g/mol. The van der Waals surface area contributed by atoms with E-state index < -0.39 is 5.97 Å². The van der Waals surface area contributed by atoms with Gasteiger partial charge in [0.25, 0.3) is 0 Å². The largest absolute Gasteiger partial charge is 0.457 e. The molecule has 0 aliphatic carbocycles. The molecule has 1 aromatic carbocycles. The fraction of sp³-hybridized carbons (Fsp3) is 0.0833. The molecule has 1 aromatic rings. The van der Waals surface area contributed by atoms with E-state index in [1.165, 1.54) is 0 Å². The number of ether oxygens (including phenoxy) is 1. The summed E-state index contributed by atoms with van der Waals surface area (Å²) >= 11 is 10.7. The zero-order valence-corrected chi connectivity index (χ0v) is 9.91. The highest BCUT2D eigenvalue weighted by Gasteiger charge is 2.05. The van der Waals surface area contributed by atoms with E-state index in [2.05, 4.69) is 0 Å². The van der Waals surface area contributed by atoms with Gasteiger partial charge in [-0.15, -0.1) is 0 Å². The highest BCUT2D eigenvalue weighted by Crippen LogP contribution is 2.06. The van der Waals surface area contributed by atoms with Crippen LogP contribution in [0.1, 0.15) is 5.56 Å². The molecular formula is C12H10Cl2O2. The van der Waals surface area contributed by atoms with Gasteiger partial charge in [-0.3, -0.25) is 0 Å². The predicted molar refractivity (Wildman–Crippen MR) is 66.2 cm³/mol. The molecule has 0 aliphatic rings. The van der Waals surface area contributed by atoms with Gasteiger partial charge < -0.3 is 4.74 Å². The van der Waals surface area contributed by atoms with Crippen LogP contribution in [0, 0.1) is 0 Å². The van der Waals surface area contributed by atoms with E-state index in [1.807, 2.05) is 36.4 Å². The molecule has 0 N–H and O–H groups in total. The summed E-state index contributed by atoms with van der Waals surface area (Å²) in [6, 6.07) is 9.69. The van der Waals surface area contributed by atoms with Gasteiger partial charge in [0.2, 0.25) is 0 Å². The normalized spacial score (nSPS) is 11.8. The maximum atomic E-state index is 11.0. The molecule has 16 heavy (non-hydrogen) atoms. The first-order valence-corrected chi connectivity index (χ1v) is 5.40. The Hall–Kier alpha value is -1.25. The fourth-order valence-corrected chi connectivity index (χ4v) is 1.13. The van der Waals surface area contributed by atoms with Gasteiger partial charge in [0.1, 0.15) is 11.6 Å². The van der Waals surface area contributed by atoms with Crippen molar-refractivity contribution in [1.82, 2.24) is 0 Å². The van der Waals surface area contributed by atoms with Gasteiger partial charge in [0.15, 0.2) is 0 Å². The van der Waals surface area contributed by atoms with Crippen molar-refractivity contribution >= 4 is 35.2 Å². The predicted octanol–water partition coefficient (Wildman–Crippen LogP) is 3.56. The van der Waals surface area contributed by atoms with Crippen LogP contribution < -0.4 is 0 Å². The number of halogens is 2. The second-order valence-corrected chi connectivity index (χ2v) is 3.49. The van der Waals surface area contributed by atoms with Crippen LogP contribution >= 0.6 is 23.2 Å². The Morgan fingerprint density at radius 2 is 2.00 bits per heavy atom. The third-order valence-corrected chi connectivity index (χ3v) is 2.30. The number of hydrogen-bond donors (Lipinski definition) is 0. The van der Waals surface area contributed by atoms with Crippen LogP contribution in [-0.2, 0) is 9.53 Å². The second-order valence-electron chi connectivity index (χ2n) is 2.87. The summed E-state index contributed by atoms with van der Waals surface area (Å²) in [7, 11) is 0. The van der Waals surface area contributed by atoms with Crippen LogP contribution in [0.5, 0.6) is 0 Å². The topological polar surface area (TPSA) is 26.3 Å². The molecule has 2 nitrogen and oxygen atoms in total. The van der Waals surface area contributed by atoms with E-state index >= 15 is 0 Å². The summed E-state index contributed by atoms with van der Waals surface area (Å²) in [5.41, 5.74) is 2.02. The molecule has 0 saturated heterocycles. The first-order valence-electron chi connectivity index (χ1n) is 4.58. The van der Waals surface area contributed by atoms with Crippen LogP contribution in [0.15, 0.2) is 47.0 Å². The van der Waals surface area contributed by atoms with E-state index in [0.717, 1.165) is 11.1 Å². The molecule has 0 aliphatic heterocycles. The Labute approximate surface area is 104 Å². The van der Waals surface area contributed by atoms with Gasteiger partial charge in [-0.2, -0.15) is 0 Å². The SMILES string of the molecule is O=C(OC/C=C/c1ccccc1)/C(Cl)=C\Cl. The van der Waals surface area contributed by atoms with Gasteiger partial charge >= 0.3 is 5.97 Å². The van der Waals surface area contributed by atoms with Crippen molar-refractivity contribution in [3.8, 4) is 0 Å². The number of carbonyl (C=O) groups is 1. The number of rotatable bonds is 4. The van der Waals surface area contributed by atoms with Gasteiger partial charge in [0.05, 0.1) is 0 Å². The number of hydrogen-bond acceptors (Lipinski definition) is 2. The Balaban J connectivity index is 2.37. The first kappa shape index (κ1) is 12.8. The van der Waals surface area contributed by atoms with Crippen molar-refractivity contribution in [2.75, 3.05) is 6.61 Å². The van der Waals surface area contributed by atoms with Crippen molar-refractivity contribution in [1.29, 1.82) is 0 Å². The maximum absolute atomic E-state index is 11.0. The van der Waals surface area contributed by atoms with Crippen molar-refractivity contribution in [2.24, 2.45) is 0 Å². The smallest absolute Gasteiger partial charge is 0.350 e. The lowest BCUT2D eigenvalue weighted by molar-refractivity contribution is -0.137. The van der Waals surface area contributed by atoms with Crippen molar-refractivity contribution in [3.05, 3.63) is 52.5 Å². The molecule has 0 heterocycles. The Kier molecular flexibility index (Phi) is 5.68. The summed E-state index contributed by atoms with van der Waals surface area (Å²) in [4.78, 5) is 11.0. The van der Waals surface area contributed by atoms with Crippen molar-refractivity contribution < 1.29 is 9.53 Å². The van der Waals surface area contributed by atoms with E-state index in [1.54, 1.807) is 6.08 Å². The molecule has 0 aromatic heterocycles. The lowest BCUT2D eigenvalue weighted by Gasteiger charge is -1.98. The van der Waals surface area contributed by atoms with Crippen LogP contribution in [0.4, 0.5) is 0 Å².